The highest BCUT2D eigenvalue weighted by Crippen LogP contribution is 2.35. The molecule has 4 aliphatic rings. The molecule has 18 nitrogen and oxygen atoms in total. The van der Waals surface area contributed by atoms with Crippen molar-refractivity contribution in [3.8, 4) is 0 Å². The van der Waals surface area contributed by atoms with Crippen molar-refractivity contribution >= 4 is 52.9 Å². The number of nitrogens with one attached hydrogen (secondary N) is 8. The van der Waals surface area contributed by atoms with E-state index in [0.29, 0.717) is 16.8 Å². The van der Waals surface area contributed by atoms with Crippen LogP contribution in [-0.4, -0.2) is 120 Å². The highest BCUT2D eigenvalue weighted by atomic mass is 16.2. The summed E-state index contributed by atoms with van der Waals surface area (Å²) in [5, 5.41) is 24.2. The van der Waals surface area contributed by atoms with Gasteiger partial charge in [-0.15, -0.1) is 0 Å². The number of hydrogen-bond acceptors (Lipinski definition) is 10. The zero-order valence-corrected chi connectivity index (χ0v) is 48.6. The number of benzene rings is 4. The van der Waals surface area contributed by atoms with Gasteiger partial charge in [0.2, 0.25) is 35.4 Å². The van der Waals surface area contributed by atoms with Gasteiger partial charge >= 0.3 is 0 Å². The Labute approximate surface area is 476 Å². The van der Waals surface area contributed by atoms with Gasteiger partial charge in [-0.1, -0.05) is 96.1 Å². The first-order chi connectivity index (χ1) is 38.4. The predicted octanol–water partition coefficient (Wildman–Crippen LogP) is 5.56. The van der Waals surface area contributed by atoms with Gasteiger partial charge in [-0.05, 0) is 153 Å². The minimum atomic E-state index is -0.977. The Morgan fingerprint density at radius 1 is 0.543 bits per heavy atom. The van der Waals surface area contributed by atoms with Crippen molar-refractivity contribution in [2.24, 2.45) is 10.8 Å². The lowest BCUT2D eigenvalue weighted by atomic mass is 9.83. The molecule has 9 atom stereocenters. The molecule has 432 valence electrons. The molecule has 0 bridgehead atoms. The van der Waals surface area contributed by atoms with Crippen LogP contribution in [0.15, 0.2) is 91.0 Å². The van der Waals surface area contributed by atoms with E-state index in [-0.39, 0.29) is 67.2 Å². The Hall–Kier alpha value is -7.44. The summed E-state index contributed by atoms with van der Waals surface area (Å²) in [7, 11) is 3.33. The largest absolute Gasteiger partial charge is 0.347 e. The number of amides is 8. The third kappa shape index (κ3) is 13.8. The number of carbonyl (C=O) groups is 8. The summed E-state index contributed by atoms with van der Waals surface area (Å²) in [6.45, 7) is 14.6. The Balaban J connectivity index is 0.972. The number of aryl methyl sites for hydroxylation is 2. The maximum absolute atomic E-state index is 14.9. The molecule has 8 rings (SSSR count). The zero-order valence-electron chi connectivity index (χ0n) is 48.6. The lowest BCUT2D eigenvalue weighted by Gasteiger charge is -2.42. The molecule has 0 spiro atoms. The van der Waals surface area contributed by atoms with E-state index >= 15 is 0 Å². The summed E-state index contributed by atoms with van der Waals surface area (Å²) in [5.41, 5.74) is 5.52. The molecule has 2 heterocycles. The molecule has 8 amide bonds. The molecule has 4 aromatic carbocycles. The summed E-state index contributed by atoms with van der Waals surface area (Å²) in [6, 6.07) is 21.7. The molecule has 0 saturated carbocycles. The summed E-state index contributed by atoms with van der Waals surface area (Å²) < 4.78 is 0. The van der Waals surface area contributed by atoms with Crippen LogP contribution in [0.5, 0.6) is 0 Å². The first-order valence-electron chi connectivity index (χ1n) is 28.6. The first-order valence-corrected chi connectivity index (χ1v) is 28.6. The van der Waals surface area contributed by atoms with Crippen LogP contribution >= 0.6 is 0 Å². The number of nitrogens with zero attached hydrogens (tertiary/aromatic N) is 2. The summed E-state index contributed by atoms with van der Waals surface area (Å²) in [6.07, 6.45) is 5.48. The number of likely N-dealkylation sites (tertiary alicyclic amines) is 1. The fourth-order valence-corrected chi connectivity index (χ4v) is 11.6. The van der Waals surface area contributed by atoms with E-state index in [0.717, 1.165) is 55.2 Å². The molecule has 81 heavy (non-hydrogen) atoms. The fraction of sp³-hybridized carbons (Fsp3) is 0.492. The minimum absolute atomic E-state index is 0.0134. The van der Waals surface area contributed by atoms with Gasteiger partial charge in [-0.2, -0.15) is 0 Å². The molecule has 1 fully saturated rings. The summed E-state index contributed by atoms with van der Waals surface area (Å²) >= 11 is 0. The molecule has 8 N–H and O–H groups in total. The van der Waals surface area contributed by atoms with Crippen molar-refractivity contribution in [1.82, 2.24) is 47.0 Å². The predicted molar refractivity (Wildman–Crippen MR) is 311 cm³/mol. The number of fused-ring (bicyclic) bond motifs is 3. The van der Waals surface area contributed by atoms with Crippen LogP contribution in [0.3, 0.4) is 0 Å². The highest BCUT2D eigenvalue weighted by molar-refractivity contribution is 6.05. The summed E-state index contributed by atoms with van der Waals surface area (Å²) in [5.74, 6) is -3.05. The van der Waals surface area contributed by atoms with Gasteiger partial charge in [-0.25, -0.2) is 0 Å². The van der Waals surface area contributed by atoms with Crippen molar-refractivity contribution in [2.45, 2.75) is 168 Å². The van der Waals surface area contributed by atoms with Gasteiger partial charge in [0.1, 0.15) is 24.2 Å². The average Bonchev–Trinajstić information content (AvgIpc) is 3.95. The van der Waals surface area contributed by atoms with E-state index in [4.69, 9.17) is 0 Å². The second kappa shape index (κ2) is 25.1. The van der Waals surface area contributed by atoms with Crippen LogP contribution in [0.2, 0.25) is 0 Å². The van der Waals surface area contributed by atoms with E-state index < -0.39 is 76.8 Å². The van der Waals surface area contributed by atoms with Gasteiger partial charge in [0.25, 0.3) is 11.8 Å². The number of hydrogen-bond donors (Lipinski definition) is 8. The van der Waals surface area contributed by atoms with Crippen LogP contribution in [0.1, 0.15) is 154 Å². The zero-order chi connectivity index (χ0) is 58.5. The number of rotatable bonds is 16. The van der Waals surface area contributed by atoms with Gasteiger partial charge in [0, 0.05) is 42.4 Å². The van der Waals surface area contributed by atoms with Crippen LogP contribution in [0.4, 0.5) is 5.69 Å². The van der Waals surface area contributed by atoms with Crippen molar-refractivity contribution < 1.29 is 38.4 Å². The van der Waals surface area contributed by atoms with Crippen molar-refractivity contribution in [1.29, 1.82) is 0 Å². The Bertz CT molecular complexity index is 3020. The van der Waals surface area contributed by atoms with Crippen LogP contribution < -0.4 is 42.5 Å². The normalized spacial score (nSPS) is 21.1. The van der Waals surface area contributed by atoms with Gasteiger partial charge < -0.3 is 52.3 Å². The monoisotopic (exact) mass is 1110 g/mol. The molecule has 2 aliphatic carbocycles. The van der Waals surface area contributed by atoms with Crippen LogP contribution in [0.25, 0.3) is 0 Å². The first kappa shape index (κ1) is 59.7. The SMILES string of the molecule is CN[C@@H](C)C(=O)N[C@H](C(=O)N1Cc2cc(C(=O)Nc3ccc(C(=O)NC4C[C@@H](C(=O)NC5CCCc6ccccc65)N(C(=O)[C@@H](NC(=O)[C@H](C)NC)C(C)(C)C)C4)cc3)ccc2C[C@H]1C(=O)NC1CCCc2ccccc21)C(C)(C)C. The van der Waals surface area contributed by atoms with E-state index in [2.05, 4.69) is 54.7 Å². The van der Waals surface area contributed by atoms with Gasteiger partial charge in [0.05, 0.1) is 24.2 Å². The standard InChI is InChI=1S/C63H82N10O8/c1-36(64-9)54(74)70-52(62(3,4)5)60(80)72-34-43-31-42(26-25-41(43)32-50(72)58(78)68-48-23-15-19-38-17-11-13-21-46(38)48)57(77)66-44-29-27-40(28-30-44)56(76)67-45-33-51(59(79)69-49-24-16-20-39-18-12-14-22-47(39)49)73(35-45)61(81)53(63(6,7)8)71-55(75)37(2)65-10/h11-14,17-18,21-22,25-31,36-37,45,48-53,64-65H,15-16,19-20,23-24,32-35H2,1-10H3,(H,66,77)(H,67,76)(H,68,78)(H,69,79)(H,70,74)(H,71,75)/t36-,37-,45?,48?,49?,50-,51-,52+,53+/m0/s1. The number of anilines is 1. The van der Waals surface area contributed by atoms with Crippen molar-refractivity contribution in [3.05, 3.63) is 136 Å². The molecular formula is C63H82N10O8. The Kier molecular flexibility index (Phi) is 18.5. The maximum atomic E-state index is 14.9. The van der Waals surface area contributed by atoms with E-state index in [1.165, 1.54) is 16.0 Å². The smallest absolute Gasteiger partial charge is 0.255 e. The second-order valence-corrected chi connectivity index (χ2v) is 24.6. The molecular weight excluding hydrogens is 1020 g/mol. The summed E-state index contributed by atoms with van der Waals surface area (Å²) in [4.78, 5) is 116. The van der Waals surface area contributed by atoms with E-state index in [1.54, 1.807) is 69.2 Å². The topological polar surface area (TPSA) is 239 Å². The van der Waals surface area contributed by atoms with Crippen molar-refractivity contribution in [2.75, 3.05) is 26.0 Å². The lowest BCUT2D eigenvalue weighted by Crippen LogP contribution is -2.62. The third-order valence-electron chi connectivity index (χ3n) is 16.6. The number of carbonyl (C=O) groups excluding carboxylic acids is 8. The lowest BCUT2D eigenvalue weighted by molar-refractivity contribution is -0.147. The molecule has 3 unspecified atom stereocenters. The molecule has 1 saturated heterocycles. The van der Waals surface area contributed by atoms with Crippen LogP contribution in [0, 0.1) is 10.8 Å². The molecule has 0 radical (unpaired) electrons. The molecule has 18 heteroatoms. The highest BCUT2D eigenvalue weighted by Gasteiger charge is 2.47. The second-order valence-electron chi connectivity index (χ2n) is 24.6. The maximum Gasteiger partial charge on any atom is 0.255 e. The van der Waals surface area contributed by atoms with E-state index in [1.807, 2.05) is 84.0 Å². The Morgan fingerprint density at radius 3 is 1.56 bits per heavy atom. The molecule has 4 aromatic rings. The molecule has 2 aliphatic heterocycles. The average molecular weight is 1110 g/mol. The van der Waals surface area contributed by atoms with Crippen LogP contribution in [-0.2, 0) is 54.6 Å². The molecule has 0 aromatic heterocycles. The van der Waals surface area contributed by atoms with Gasteiger partial charge in [0.15, 0.2) is 0 Å². The third-order valence-corrected chi connectivity index (χ3v) is 16.6. The van der Waals surface area contributed by atoms with Gasteiger partial charge in [-0.3, -0.25) is 38.4 Å². The quantitative estimate of drug-likeness (QED) is 0.0696. The van der Waals surface area contributed by atoms with Crippen molar-refractivity contribution in [3.63, 3.8) is 0 Å². The van der Waals surface area contributed by atoms with E-state index in [9.17, 15) is 38.4 Å². The number of likely N-dealkylation sites (N-methyl/N-ethyl adjacent to an activating group) is 2. The minimum Gasteiger partial charge on any atom is -0.347 e. The Morgan fingerprint density at radius 2 is 1.04 bits per heavy atom. The fourth-order valence-electron chi connectivity index (χ4n) is 11.6.